The molecule has 7 heteroatoms. The highest BCUT2D eigenvalue weighted by Crippen LogP contribution is 2.32. The van der Waals surface area contributed by atoms with E-state index in [1.807, 2.05) is 0 Å². The molecule has 0 saturated heterocycles. The first-order valence-corrected chi connectivity index (χ1v) is 7.00. The summed E-state index contributed by atoms with van der Waals surface area (Å²) in [6.07, 6.45) is 0. The van der Waals surface area contributed by atoms with E-state index in [-0.39, 0.29) is 5.69 Å². The van der Waals surface area contributed by atoms with Crippen LogP contribution in [0.3, 0.4) is 0 Å². The molecule has 0 bridgehead atoms. The van der Waals surface area contributed by atoms with Gasteiger partial charge >= 0.3 is 0 Å². The smallest absolute Gasteiger partial charge is 0.269 e. The summed E-state index contributed by atoms with van der Waals surface area (Å²) in [7, 11) is 1.71. The highest BCUT2D eigenvalue weighted by Gasteiger charge is 2.16. The number of nitriles is 1. The highest BCUT2D eigenvalue weighted by atomic mass is 16.6. The Morgan fingerprint density at radius 2 is 1.92 bits per heavy atom. The van der Waals surface area contributed by atoms with Gasteiger partial charge < -0.3 is 10.3 Å². The zero-order valence-corrected chi connectivity index (χ0v) is 12.7. The minimum absolute atomic E-state index is 0.0175. The average Bonchev–Trinajstić information content (AvgIpc) is 2.91. The number of nitro benzene ring substituents is 1. The molecule has 0 unspecified atom stereocenters. The van der Waals surface area contributed by atoms with Crippen molar-refractivity contribution in [2.24, 2.45) is 12.8 Å². The monoisotopic (exact) mass is 320 g/mol. The molecule has 0 aliphatic rings. The fraction of sp³-hybridized carbons (Fsp3) is 0.0588. The molecule has 0 spiro atoms. The number of aryl methyl sites for hydroxylation is 1. The summed E-state index contributed by atoms with van der Waals surface area (Å²) >= 11 is 0. The molecule has 118 valence electrons. The first-order valence-electron chi connectivity index (χ1n) is 7.00. The van der Waals surface area contributed by atoms with Crippen molar-refractivity contribution in [1.29, 1.82) is 5.26 Å². The predicted octanol–water partition coefficient (Wildman–Crippen LogP) is 2.72. The molecule has 0 saturated carbocycles. The maximum absolute atomic E-state index is 11.6. The van der Waals surface area contributed by atoms with E-state index in [9.17, 15) is 20.2 Å². The predicted molar refractivity (Wildman–Crippen MR) is 88.2 cm³/mol. The molecule has 1 heterocycles. The number of hydrogen-bond donors (Lipinski definition) is 1. The first kappa shape index (κ1) is 15.2. The molecule has 0 fully saturated rings. The quantitative estimate of drug-likeness (QED) is 0.590. The lowest BCUT2D eigenvalue weighted by molar-refractivity contribution is -0.384. The molecule has 0 aliphatic carbocycles. The van der Waals surface area contributed by atoms with Crippen LogP contribution in [-0.4, -0.2) is 15.4 Å². The van der Waals surface area contributed by atoms with Crippen LogP contribution in [0.4, 0.5) is 5.69 Å². The van der Waals surface area contributed by atoms with Crippen LogP contribution in [0.1, 0.15) is 16.1 Å². The third-order valence-corrected chi connectivity index (χ3v) is 3.90. The van der Waals surface area contributed by atoms with Gasteiger partial charge in [0.25, 0.3) is 11.6 Å². The Labute approximate surface area is 136 Å². The average molecular weight is 320 g/mol. The number of aromatic nitrogens is 1. The Bertz CT molecular complexity index is 1030. The Morgan fingerprint density at radius 1 is 1.25 bits per heavy atom. The third kappa shape index (κ3) is 2.36. The summed E-state index contributed by atoms with van der Waals surface area (Å²) in [5, 5.41) is 20.7. The van der Waals surface area contributed by atoms with Crippen molar-refractivity contribution >= 4 is 22.5 Å². The molecule has 24 heavy (non-hydrogen) atoms. The van der Waals surface area contributed by atoms with E-state index in [4.69, 9.17) is 5.73 Å². The van der Waals surface area contributed by atoms with Gasteiger partial charge in [0.2, 0.25) is 0 Å². The van der Waals surface area contributed by atoms with E-state index in [0.717, 1.165) is 5.52 Å². The van der Waals surface area contributed by atoms with Gasteiger partial charge in [0.05, 0.1) is 22.1 Å². The largest absolute Gasteiger partial charge is 0.364 e. The number of nitrogens with zero attached hydrogens (tertiary/aromatic N) is 3. The minimum Gasteiger partial charge on any atom is -0.364 e. The summed E-state index contributed by atoms with van der Waals surface area (Å²) < 4.78 is 1.66. The molecule has 0 aliphatic heterocycles. The lowest BCUT2D eigenvalue weighted by atomic mass is 10.00. The van der Waals surface area contributed by atoms with Gasteiger partial charge in [-0.15, -0.1) is 0 Å². The molecule has 0 radical (unpaired) electrons. The van der Waals surface area contributed by atoms with Gasteiger partial charge in [-0.25, -0.2) is 0 Å². The van der Waals surface area contributed by atoms with Crippen molar-refractivity contribution in [1.82, 2.24) is 4.57 Å². The summed E-state index contributed by atoms with van der Waals surface area (Å²) in [4.78, 5) is 21.9. The van der Waals surface area contributed by atoms with E-state index < -0.39 is 10.8 Å². The van der Waals surface area contributed by atoms with Gasteiger partial charge in [-0.1, -0.05) is 0 Å². The molecule has 3 aromatic rings. The maximum atomic E-state index is 11.6. The Balaban J connectivity index is 2.31. The standard InChI is InChI=1S/C17H12N4O3/c1-20-15(17(19)22)8-12-6-10(9-18)7-14(16(12)20)11-2-4-13(5-3-11)21(23)24/h2-8H,1H3,(H2,19,22). The van der Waals surface area contributed by atoms with Crippen LogP contribution in [0.15, 0.2) is 42.5 Å². The number of nitro groups is 1. The molecule has 2 aromatic carbocycles. The summed E-state index contributed by atoms with van der Waals surface area (Å²) in [5.41, 5.74) is 8.27. The minimum atomic E-state index is -0.568. The Kier molecular flexibility index (Phi) is 3.50. The normalized spacial score (nSPS) is 10.5. The number of carbonyl (C=O) groups is 1. The van der Waals surface area contributed by atoms with Crippen LogP contribution >= 0.6 is 0 Å². The van der Waals surface area contributed by atoms with Crippen LogP contribution in [0.5, 0.6) is 0 Å². The Hall–Kier alpha value is -3.66. The van der Waals surface area contributed by atoms with Gasteiger partial charge in [-0.3, -0.25) is 14.9 Å². The number of amides is 1. The fourth-order valence-electron chi connectivity index (χ4n) is 2.79. The van der Waals surface area contributed by atoms with E-state index in [2.05, 4.69) is 6.07 Å². The van der Waals surface area contributed by atoms with Crippen LogP contribution in [0, 0.1) is 21.4 Å². The van der Waals surface area contributed by atoms with Crippen LogP contribution in [0.25, 0.3) is 22.0 Å². The van der Waals surface area contributed by atoms with Gasteiger partial charge in [-0.2, -0.15) is 5.26 Å². The Morgan fingerprint density at radius 3 is 2.46 bits per heavy atom. The number of rotatable bonds is 3. The van der Waals surface area contributed by atoms with Crippen molar-refractivity contribution < 1.29 is 9.72 Å². The van der Waals surface area contributed by atoms with E-state index in [1.54, 1.807) is 41.9 Å². The summed E-state index contributed by atoms with van der Waals surface area (Å²) in [6, 6.07) is 13.1. The first-order chi connectivity index (χ1) is 11.4. The zero-order valence-electron chi connectivity index (χ0n) is 12.7. The second-order valence-electron chi connectivity index (χ2n) is 5.33. The number of fused-ring (bicyclic) bond motifs is 1. The second kappa shape index (κ2) is 5.52. The second-order valence-corrected chi connectivity index (χ2v) is 5.33. The zero-order chi connectivity index (χ0) is 17.4. The van der Waals surface area contributed by atoms with Crippen LogP contribution < -0.4 is 5.73 Å². The number of hydrogen-bond acceptors (Lipinski definition) is 4. The van der Waals surface area contributed by atoms with Crippen LogP contribution in [-0.2, 0) is 7.05 Å². The number of non-ortho nitro benzene ring substituents is 1. The number of carbonyl (C=O) groups excluding carboxylic acids is 1. The SMILES string of the molecule is Cn1c(C(N)=O)cc2cc(C#N)cc(-c3ccc([N+](=O)[O-])cc3)c21. The molecule has 1 aromatic heterocycles. The van der Waals surface area contributed by atoms with E-state index in [1.165, 1.54) is 12.1 Å². The number of benzene rings is 2. The molecule has 3 rings (SSSR count). The molecule has 2 N–H and O–H groups in total. The molecule has 1 amide bonds. The van der Waals surface area contributed by atoms with Gasteiger partial charge in [-0.05, 0) is 35.9 Å². The molecule has 7 nitrogen and oxygen atoms in total. The fourth-order valence-corrected chi connectivity index (χ4v) is 2.79. The van der Waals surface area contributed by atoms with Crippen molar-refractivity contribution in [3.8, 4) is 17.2 Å². The van der Waals surface area contributed by atoms with Crippen LogP contribution in [0.2, 0.25) is 0 Å². The molecular formula is C17H12N4O3. The van der Waals surface area contributed by atoms with Gasteiger partial charge in [0.15, 0.2) is 0 Å². The van der Waals surface area contributed by atoms with Crippen molar-refractivity contribution in [3.63, 3.8) is 0 Å². The summed E-state index contributed by atoms with van der Waals surface area (Å²) in [5.74, 6) is -0.568. The molecule has 0 atom stereocenters. The van der Waals surface area contributed by atoms with Gasteiger partial charge in [0, 0.05) is 30.1 Å². The van der Waals surface area contributed by atoms with Crippen molar-refractivity contribution in [2.75, 3.05) is 0 Å². The highest BCUT2D eigenvalue weighted by molar-refractivity contribution is 6.03. The lowest BCUT2D eigenvalue weighted by Crippen LogP contribution is -2.14. The van der Waals surface area contributed by atoms with E-state index >= 15 is 0 Å². The van der Waals surface area contributed by atoms with Crippen molar-refractivity contribution in [2.45, 2.75) is 0 Å². The third-order valence-electron chi connectivity index (χ3n) is 3.90. The topological polar surface area (TPSA) is 115 Å². The van der Waals surface area contributed by atoms with Crippen molar-refractivity contribution in [3.05, 3.63) is 63.8 Å². The van der Waals surface area contributed by atoms with Gasteiger partial charge in [0.1, 0.15) is 5.69 Å². The maximum Gasteiger partial charge on any atom is 0.269 e. The molecular weight excluding hydrogens is 308 g/mol. The lowest BCUT2D eigenvalue weighted by Gasteiger charge is -2.08. The number of nitrogens with two attached hydrogens (primary N) is 1. The van der Waals surface area contributed by atoms with E-state index in [0.29, 0.717) is 27.8 Å². The summed E-state index contributed by atoms with van der Waals surface area (Å²) in [6.45, 7) is 0. The number of primary amides is 1.